The van der Waals surface area contributed by atoms with Crippen LogP contribution in [0.15, 0.2) is 64.0 Å². The van der Waals surface area contributed by atoms with Crippen molar-refractivity contribution >= 4 is 35.5 Å². The van der Waals surface area contributed by atoms with E-state index < -0.39 is 23.4 Å². The number of benzene rings is 2. The molecule has 196 valence electrons. The number of aliphatic imine (C=N–C) groups is 1. The molecule has 0 unspecified atom stereocenters. The van der Waals surface area contributed by atoms with Gasteiger partial charge in [0.1, 0.15) is 23.7 Å². The van der Waals surface area contributed by atoms with Gasteiger partial charge in [0.15, 0.2) is 5.84 Å². The summed E-state index contributed by atoms with van der Waals surface area (Å²) < 4.78 is 63.1. The second-order valence-corrected chi connectivity index (χ2v) is 7.66. The largest absolute Gasteiger partial charge is 0.416 e. The number of halogens is 5. The third kappa shape index (κ3) is 6.30. The molecule has 13 heteroatoms. The Morgan fingerprint density at radius 3 is 2.51 bits per heavy atom. The topological polar surface area (TPSA) is 115 Å². The fourth-order valence-corrected chi connectivity index (χ4v) is 3.62. The lowest BCUT2D eigenvalue weighted by Crippen LogP contribution is -2.33. The molecule has 0 aliphatic carbocycles. The summed E-state index contributed by atoms with van der Waals surface area (Å²) in [7, 11) is 1.36. The number of carbonyl (C=O) groups is 1. The van der Waals surface area contributed by atoms with Crippen LogP contribution in [0.1, 0.15) is 24.0 Å². The van der Waals surface area contributed by atoms with Crippen molar-refractivity contribution in [2.45, 2.75) is 19.0 Å². The average molecular weight is 522 g/mol. The summed E-state index contributed by atoms with van der Waals surface area (Å²) in [5.41, 5.74) is 7.88. The predicted octanol–water partition coefficient (Wildman–Crippen LogP) is 4.28. The highest BCUT2D eigenvalue weighted by atomic mass is 19.4. The zero-order chi connectivity index (χ0) is 27.2. The fourth-order valence-electron chi connectivity index (χ4n) is 3.62. The van der Waals surface area contributed by atoms with Gasteiger partial charge >= 0.3 is 6.18 Å². The van der Waals surface area contributed by atoms with E-state index in [-0.39, 0.29) is 23.8 Å². The van der Waals surface area contributed by atoms with Gasteiger partial charge in [0, 0.05) is 25.8 Å². The van der Waals surface area contributed by atoms with E-state index in [4.69, 9.17) is 5.73 Å². The summed E-state index contributed by atoms with van der Waals surface area (Å²) in [4.78, 5) is 14.5. The first-order chi connectivity index (χ1) is 17.6. The highest BCUT2D eigenvalue weighted by Gasteiger charge is 2.31. The average Bonchev–Trinajstić information content (AvgIpc) is 2.86. The number of aliphatic hydroxyl groups excluding tert-OH is 1. The zero-order valence-corrected chi connectivity index (χ0v) is 19.5. The Labute approximate surface area is 208 Å². The maximum atomic E-state index is 14.1. The number of hydrazone groups is 1. The minimum absolute atomic E-state index is 0.0157. The molecular formula is C24H23F5N6O2. The molecule has 2 aromatic carbocycles. The van der Waals surface area contributed by atoms with Crippen LogP contribution in [0.5, 0.6) is 0 Å². The van der Waals surface area contributed by atoms with Crippen molar-refractivity contribution < 1.29 is 31.9 Å². The number of hydrogen-bond acceptors (Lipinski definition) is 7. The van der Waals surface area contributed by atoms with Gasteiger partial charge in [0.2, 0.25) is 6.41 Å². The molecular weight excluding hydrogens is 499 g/mol. The first-order valence-corrected chi connectivity index (χ1v) is 10.8. The Morgan fingerprint density at radius 2 is 1.89 bits per heavy atom. The number of allylic oxidation sites excluding steroid dienone is 2. The molecule has 0 atom stereocenters. The number of nitrogens with two attached hydrogens (primary N) is 1. The molecule has 1 amide bonds. The smallest absolute Gasteiger partial charge is 0.396 e. The molecule has 0 saturated carbocycles. The third-order valence-electron chi connectivity index (χ3n) is 5.38. The number of amides is 1. The minimum Gasteiger partial charge on any atom is -0.396 e. The van der Waals surface area contributed by atoms with E-state index in [0.717, 1.165) is 23.4 Å². The summed E-state index contributed by atoms with van der Waals surface area (Å²) in [6.07, 6.45) is 0.182. The van der Waals surface area contributed by atoms with Crippen molar-refractivity contribution in [3.63, 3.8) is 0 Å². The predicted molar refractivity (Wildman–Crippen MR) is 130 cm³/mol. The van der Waals surface area contributed by atoms with E-state index in [1.54, 1.807) is 11.1 Å². The zero-order valence-electron chi connectivity index (χ0n) is 19.5. The van der Waals surface area contributed by atoms with Crippen LogP contribution in [-0.2, 0) is 11.0 Å². The molecule has 8 nitrogen and oxygen atoms in total. The van der Waals surface area contributed by atoms with Crippen molar-refractivity contribution in [2.24, 2.45) is 15.8 Å². The first-order valence-electron chi connectivity index (χ1n) is 10.8. The normalized spacial score (nSPS) is 14.7. The number of nitrogens with zero attached hydrogens (tertiary/aromatic N) is 3. The van der Waals surface area contributed by atoms with Crippen LogP contribution >= 0.6 is 0 Å². The molecule has 2 aliphatic heterocycles. The molecule has 2 aromatic rings. The number of amidine groups is 1. The van der Waals surface area contributed by atoms with Crippen LogP contribution in [0.25, 0.3) is 5.57 Å². The van der Waals surface area contributed by atoms with Crippen molar-refractivity contribution in [2.75, 3.05) is 24.3 Å². The van der Waals surface area contributed by atoms with Gasteiger partial charge in [-0.3, -0.25) is 4.79 Å². The Bertz CT molecular complexity index is 1290. The molecule has 37 heavy (non-hydrogen) atoms. The van der Waals surface area contributed by atoms with Gasteiger partial charge in [-0.15, -0.1) is 0 Å². The van der Waals surface area contributed by atoms with Crippen LogP contribution in [-0.4, -0.2) is 42.4 Å². The lowest BCUT2D eigenvalue weighted by Gasteiger charge is -2.32. The van der Waals surface area contributed by atoms with Crippen molar-refractivity contribution in [1.29, 1.82) is 0 Å². The number of carbonyl (C=O) groups excluding carboxylic acids is 1. The highest BCUT2D eigenvalue weighted by Crippen LogP contribution is 2.36. The number of anilines is 2. The van der Waals surface area contributed by atoms with Crippen LogP contribution < -0.4 is 16.4 Å². The molecule has 5 N–H and O–H groups in total. The highest BCUT2D eigenvalue weighted by molar-refractivity contribution is 6.08. The lowest BCUT2D eigenvalue weighted by atomic mass is 9.95. The molecule has 2 heterocycles. The van der Waals surface area contributed by atoms with Gasteiger partial charge in [0.25, 0.3) is 0 Å². The van der Waals surface area contributed by atoms with E-state index in [1.165, 1.54) is 25.5 Å². The lowest BCUT2D eigenvalue weighted by molar-refractivity contribution is -0.137. The molecule has 2 aliphatic rings. The molecule has 0 aromatic heterocycles. The molecule has 0 radical (unpaired) electrons. The number of nitrogens with one attached hydrogen (secondary N) is 2. The molecule has 0 fully saturated rings. The SMILES string of the molecule is CNc1cc(C(F)(F)F)ccc1F.NC1=NC=NN2C(CCO)=CCC(c3ccc(NC=O)c(F)c3)=C12. The van der Waals surface area contributed by atoms with Crippen LogP contribution in [0, 0.1) is 11.6 Å². The maximum absolute atomic E-state index is 14.1. The number of aliphatic hydroxyl groups is 1. The monoisotopic (exact) mass is 522 g/mol. The van der Waals surface area contributed by atoms with Gasteiger partial charge < -0.3 is 21.5 Å². The van der Waals surface area contributed by atoms with Crippen molar-refractivity contribution in [1.82, 2.24) is 5.01 Å². The maximum Gasteiger partial charge on any atom is 0.416 e. The molecule has 0 bridgehead atoms. The number of alkyl halides is 3. The summed E-state index contributed by atoms with van der Waals surface area (Å²) in [5, 5.41) is 19.6. The second-order valence-electron chi connectivity index (χ2n) is 7.66. The van der Waals surface area contributed by atoms with Crippen LogP contribution in [0.2, 0.25) is 0 Å². The van der Waals surface area contributed by atoms with Gasteiger partial charge in [-0.2, -0.15) is 18.3 Å². The van der Waals surface area contributed by atoms with Crippen molar-refractivity contribution in [3.8, 4) is 0 Å². The number of hydrogen-bond donors (Lipinski definition) is 4. The van der Waals surface area contributed by atoms with E-state index in [0.29, 0.717) is 36.6 Å². The Balaban J connectivity index is 0.000000248. The van der Waals surface area contributed by atoms with E-state index in [2.05, 4.69) is 20.7 Å². The van der Waals surface area contributed by atoms with Crippen LogP contribution in [0.3, 0.4) is 0 Å². The van der Waals surface area contributed by atoms with E-state index in [1.807, 2.05) is 6.08 Å². The minimum atomic E-state index is -4.43. The van der Waals surface area contributed by atoms with E-state index in [9.17, 15) is 31.9 Å². The molecule has 0 spiro atoms. The van der Waals surface area contributed by atoms with Gasteiger partial charge in [0.05, 0.1) is 16.9 Å². The summed E-state index contributed by atoms with van der Waals surface area (Å²) in [6, 6.07) is 6.75. The van der Waals surface area contributed by atoms with Gasteiger partial charge in [-0.25, -0.2) is 18.8 Å². The second kappa shape index (κ2) is 11.6. The Kier molecular flexibility index (Phi) is 8.60. The molecule has 4 rings (SSSR count). The summed E-state index contributed by atoms with van der Waals surface area (Å²) in [5.74, 6) is -0.964. The third-order valence-corrected chi connectivity index (χ3v) is 5.38. The summed E-state index contributed by atoms with van der Waals surface area (Å²) in [6.45, 7) is -0.0157. The Hall–Kier alpha value is -4.26. The fraction of sp³-hybridized carbons (Fsp3) is 0.208. The Morgan fingerprint density at radius 1 is 1.14 bits per heavy atom. The van der Waals surface area contributed by atoms with Crippen LogP contribution in [0.4, 0.5) is 33.3 Å². The summed E-state index contributed by atoms with van der Waals surface area (Å²) >= 11 is 0. The van der Waals surface area contributed by atoms with Gasteiger partial charge in [-0.1, -0.05) is 12.1 Å². The molecule has 0 saturated heterocycles. The van der Waals surface area contributed by atoms with Crippen molar-refractivity contribution in [3.05, 3.63) is 76.6 Å². The first kappa shape index (κ1) is 27.3. The van der Waals surface area contributed by atoms with Gasteiger partial charge in [-0.05, 0) is 47.9 Å². The quantitative estimate of drug-likeness (QED) is 0.334. The standard InChI is InChI=1S/C16H16FN5O2.C8H7F4N/c17-13-7-10(1-4-14(13)20-9-24)12-3-2-11(5-6-23)22-15(12)16(18)19-8-21-22;1-13-7-4-5(8(10,11)12)2-3-6(7)9/h1-2,4,7-9,23H,3,5-6H2,(H,20,24)(H2,18,19,21);2-4,13H,1H3. The number of rotatable bonds is 6. The van der Waals surface area contributed by atoms with E-state index >= 15 is 0 Å². The number of fused-ring (bicyclic) bond motifs is 1.